The van der Waals surface area contributed by atoms with E-state index < -0.39 is 10.1 Å². The van der Waals surface area contributed by atoms with Crippen LogP contribution in [0.4, 0.5) is 0 Å². The van der Waals surface area contributed by atoms with E-state index in [2.05, 4.69) is 4.33 Å². The van der Waals surface area contributed by atoms with Crippen molar-refractivity contribution in [3.8, 4) is 0 Å². The van der Waals surface area contributed by atoms with E-state index in [0.29, 0.717) is 0 Å². The molecule has 0 fully saturated rings. The second-order valence-electron chi connectivity index (χ2n) is 1.41. The van der Waals surface area contributed by atoms with Crippen LogP contribution in [-0.2, 0) is 14.5 Å². The summed E-state index contributed by atoms with van der Waals surface area (Å²) >= 11 is 0. The van der Waals surface area contributed by atoms with Crippen LogP contribution in [0.25, 0.3) is 0 Å². The van der Waals surface area contributed by atoms with Crippen molar-refractivity contribution in [3.05, 3.63) is 0 Å². The Morgan fingerprint density at radius 1 is 1.44 bits per heavy atom. The highest BCUT2D eigenvalue weighted by molar-refractivity contribution is 7.86. The lowest BCUT2D eigenvalue weighted by atomic mass is 10.5. The maximum atomic E-state index is 10.2. The zero-order valence-electron chi connectivity index (χ0n) is 4.65. The number of aliphatic hydroxyl groups is 1. The third-order valence-electron chi connectivity index (χ3n) is 0.666. The molecule has 0 atom stereocenters. The Morgan fingerprint density at radius 2 is 2.00 bits per heavy atom. The third-order valence-corrected chi connectivity index (χ3v) is 1.68. The largest absolute Gasteiger partial charge is 0.396 e. The first kappa shape index (κ1) is 8.83. The maximum absolute atomic E-state index is 10.2. The van der Waals surface area contributed by atoms with Crippen molar-refractivity contribution in [2.45, 2.75) is 6.42 Å². The van der Waals surface area contributed by atoms with E-state index in [9.17, 15) is 8.42 Å². The molecule has 0 aromatic heterocycles. The van der Waals surface area contributed by atoms with Crippen LogP contribution in [0, 0.1) is 0 Å². The molecule has 0 saturated heterocycles. The van der Waals surface area contributed by atoms with Gasteiger partial charge < -0.3 is 5.11 Å². The molecular weight excluding hydrogens is 148 g/mol. The monoisotopic (exact) mass is 156 g/mol. The highest BCUT2D eigenvalue weighted by Crippen LogP contribution is 1.91. The predicted molar refractivity (Wildman–Crippen MR) is 29.2 cm³/mol. The minimum atomic E-state index is -3.79. The van der Waals surface area contributed by atoms with Gasteiger partial charge in [-0.05, 0) is 6.42 Å². The molecule has 0 aliphatic carbocycles. The molecule has 9 heavy (non-hydrogen) atoms. The summed E-state index contributed by atoms with van der Waals surface area (Å²) in [5.74, 6) is -0.361. The Kier molecular flexibility index (Phi) is 3.71. The number of rotatable bonds is 4. The van der Waals surface area contributed by atoms with Gasteiger partial charge in [0.2, 0.25) is 0 Å². The van der Waals surface area contributed by atoms with Gasteiger partial charge in [-0.3, -0.25) is 0 Å². The Balaban J connectivity index is 3.61. The van der Waals surface area contributed by atoms with Gasteiger partial charge in [-0.1, -0.05) is 0 Å². The first-order chi connectivity index (χ1) is 4.12. The van der Waals surface area contributed by atoms with Crippen LogP contribution >= 0.6 is 0 Å². The highest BCUT2D eigenvalue weighted by Gasteiger charge is 2.07. The molecule has 0 aromatic carbocycles. The molecule has 2 N–H and O–H groups in total. The molecule has 0 heterocycles. The maximum Gasteiger partial charge on any atom is 0.293 e. The van der Waals surface area contributed by atoms with E-state index in [-0.39, 0.29) is 18.8 Å². The van der Waals surface area contributed by atoms with Gasteiger partial charge in [-0.25, -0.2) is 5.26 Å². The molecule has 0 unspecified atom stereocenters. The number of aliphatic hydroxyl groups excluding tert-OH is 1. The molecule has 0 aromatic rings. The second kappa shape index (κ2) is 3.78. The Bertz CT molecular complexity index is 148. The third kappa shape index (κ3) is 4.34. The normalized spacial score (nSPS) is 11.8. The summed E-state index contributed by atoms with van der Waals surface area (Å²) in [7, 11) is -3.79. The molecule has 0 saturated carbocycles. The summed E-state index contributed by atoms with van der Waals surface area (Å²) < 4.78 is 23.5. The van der Waals surface area contributed by atoms with Gasteiger partial charge in [0.05, 0.1) is 5.75 Å². The van der Waals surface area contributed by atoms with Crippen molar-refractivity contribution in [1.82, 2.24) is 0 Å². The average molecular weight is 156 g/mol. The molecule has 6 heteroatoms. The minimum absolute atomic E-state index is 0.0723. The second-order valence-corrected chi connectivity index (χ2v) is 3.09. The van der Waals surface area contributed by atoms with Crippen LogP contribution in [0.15, 0.2) is 0 Å². The molecular formula is C3H8O5S. The van der Waals surface area contributed by atoms with Gasteiger partial charge in [0.25, 0.3) is 10.1 Å². The zero-order valence-corrected chi connectivity index (χ0v) is 5.47. The lowest BCUT2D eigenvalue weighted by Crippen LogP contribution is -2.09. The first-order valence-electron chi connectivity index (χ1n) is 2.29. The lowest BCUT2D eigenvalue weighted by molar-refractivity contribution is -0.130. The first-order valence-corrected chi connectivity index (χ1v) is 3.86. The van der Waals surface area contributed by atoms with Crippen molar-refractivity contribution in [2.24, 2.45) is 0 Å². The van der Waals surface area contributed by atoms with Gasteiger partial charge >= 0.3 is 0 Å². The van der Waals surface area contributed by atoms with E-state index in [1.165, 1.54) is 0 Å². The van der Waals surface area contributed by atoms with E-state index in [0.717, 1.165) is 0 Å². The molecule has 0 rings (SSSR count). The van der Waals surface area contributed by atoms with Gasteiger partial charge in [0.1, 0.15) is 0 Å². The quantitative estimate of drug-likeness (QED) is 0.410. The molecule has 0 amide bonds. The van der Waals surface area contributed by atoms with E-state index in [4.69, 9.17) is 10.4 Å². The summed E-state index contributed by atoms with van der Waals surface area (Å²) in [4.78, 5) is 0. The lowest BCUT2D eigenvalue weighted by Gasteiger charge is -1.94. The number of hydrogen-bond donors (Lipinski definition) is 2. The SMILES string of the molecule is O=S(=O)(CCCO)OO. The van der Waals surface area contributed by atoms with Gasteiger partial charge in [0.15, 0.2) is 0 Å². The Morgan fingerprint density at radius 3 is 2.33 bits per heavy atom. The number of hydrogen-bond acceptors (Lipinski definition) is 5. The van der Waals surface area contributed by atoms with Crippen molar-refractivity contribution in [3.63, 3.8) is 0 Å². The molecule has 0 spiro atoms. The minimum Gasteiger partial charge on any atom is -0.396 e. The fourth-order valence-electron chi connectivity index (χ4n) is 0.279. The molecule has 56 valence electrons. The Labute approximate surface area is 52.9 Å². The van der Waals surface area contributed by atoms with E-state index in [1.54, 1.807) is 0 Å². The van der Waals surface area contributed by atoms with Crippen LogP contribution in [0.2, 0.25) is 0 Å². The highest BCUT2D eigenvalue weighted by atomic mass is 32.2. The van der Waals surface area contributed by atoms with Crippen molar-refractivity contribution in [1.29, 1.82) is 0 Å². The summed E-state index contributed by atoms with van der Waals surface area (Å²) in [6, 6.07) is 0. The van der Waals surface area contributed by atoms with Gasteiger partial charge in [-0.2, -0.15) is 8.42 Å². The fourth-order valence-corrected chi connectivity index (χ4v) is 0.836. The Hall–Kier alpha value is -0.170. The van der Waals surface area contributed by atoms with Gasteiger partial charge in [0, 0.05) is 6.61 Å². The summed E-state index contributed by atoms with van der Waals surface area (Å²) in [6.45, 7) is -0.234. The average Bonchev–Trinajstić information content (AvgIpc) is 1.84. The van der Waals surface area contributed by atoms with E-state index in [1.807, 2.05) is 0 Å². The molecule has 0 bridgehead atoms. The van der Waals surface area contributed by atoms with Crippen LogP contribution in [0.3, 0.4) is 0 Å². The van der Waals surface area contributed by atoms with Crippen LogP contribution in [0.5, 0.6) is 0 Å². The van der Waals surface area contributed by atoms with Gasteiger partial charge in [-0.15, -0.1) is 4.33 Å². The molecule has 5 nitrogen and oxygen atoms in total. The standard InChI is InChI=1S/C3H8O5S/c4-2-1-3-9(6,7)8-5/h4-5H,1-3H2. The summed E-state index contributed by atoms with van der Waals surface area (Å²) in [6.07, 6.45) is 0.0723. The van der Waals surface area contributed by atoms with Crippen LogP contribution in [-0.4, -0.2) is 31.1 Å². The predicted octanol–water partition coefficient (Wildman–Crippen LogP) is -0.812. The van der Waals surface area contributed by atoms with Crippen molar-refractivity contribution in [2.75, 3.05) is 12.4 Å². The van der Waals surface area contributed by atoms with E-state index >= 15 is 0 Å². The summed E-state index contributed by atoms with van der Waals surface area (Å²) in [5.41, 5.74) is 0. The molecule has 0 radical (unpaired) electrons. The topological polar surface area (TPSA) is 83.8 Å². The molecule has 0 aliphatic rings. The smallest absolute Gasteiger partial charge is 0.293 e. The van der Waals surface area contributed by atoms with Crippen molar-refractivity contribution < 1.29 is 23.1 Å². The van der Waals surface area contributed by atoms with Crippen LogP contribution < -0.4 is 0 Å². The van der Waals surface area contributed by atoms with Crippen LogP contribution in [0.1, 0.15) is 6.42 Å². The molecule has 0 aliphatic heterocycles. The zero-order chi connectivity index (χ0) is 7.33. The summed E-state index contributed by atoms with van der Waals surface area (Å²) in [5, 5.41) is 15.8. The fraction of sp³-hybridized carbons (Fsp3) is 1.00. The van der Waals surface area contributed by atoms with Crippen molar-refractivity contribution >= 4 is 10.1 Å².